The molecule has 2 rings (SSSR count). The third kappa shape index (κ3) is 4.93. The Balaban J connectivity index is 1.99. The molecule has 0 fully saturated rings. The monoisotopic (exact) mass is 346 g/mol. The molecule has 2 aromatic rings. The third-order valence-corrected chi connectivity index (χ3v) is 3.94. The van der Waals surface area contributed by atoms with E-state index in [-0.39, 0.29) is 5.91 Å². The van der Waals surface area contributed by atoms with Crippen LogP contribution in [0.3, 0.4) is 0 Å². The van der Waals surface area contributed by atoms with Gasteiger partial charge in [0.25, 0.3) is 5.91 Å². The molecule has 0 spiro atoms. The van der Waals surface area contributed by atoms with Gasteiger partial charge in [0.15, 0.2) is 0 Å². The molecule has 0 saturated heterocycles. The molecular formula is C18H23ClN4O. The molecule has 0 aliphatic heterocycles. The maximum Gasteiger partial charge on any atom is 0.254 e. The van der Waals surface area contributed by atoms with E-state index in [1.54, 1.807) is 18.5 Å². The normalized spacial score (nSPS) is 10.5. The Hall–Kier alpha value is -2.14. The SMILES string of the molecule is CCCN(CCC)c1ncc(C(=O)NCc2ccccc2Cl)cn1. The van der Waals surface area contributed by atoms with Crippen molar-refractivity contribution < 1.29 is 4.79 Å². The summed E-state index contributed by atoms with van der Waals surface area (Å²) in [5.74, 6) is 0.459. The number of nitrogens with zero attached hydrogens (tertiary/aromatic N) is 3. The van der Waals surface area contributed by atoms with Crippen molar-refractivity contribution in [3.05, 3.63) is 52.8 Å². The summed E-state index contributed by atoms with van der Waals surface area (Å²) in [6.07, 6.45) is 5.21. The molecule has 0 radical (unpaired) electrons. The third-order valence-electron chi connectivity index (χ3n) is 3.57. The molecule has 24 heavy (non-hydrogen) atoms. The van der Waals surface area contributed by atoms with Crippen LogP contribution in [-0.2, 0) is 6.54 Å². The number of amides is 1. The van der Waals surface area contributed by atoms with Gasteiger partial charge in [-0.2, -0.15) is 0 Å². The largest absolute Gasteiger partial charge is 0.348 e. The minimum atomic E-state index is -0.209. The first kappa shape index (κ1) is 18.2. The molecule has 0 bridgehead atoms. The first-order valence-electron chi connectivity index (χ1n) is 8.24. The molecule has 0 atom stereocenters. The van der Waals surface area contributed by atoms with Gasteiger partial charge in [-0.3, -0.25) is 4.79 Å². The molecule has 5 nitrogen and oxygen atoms in total. The lowest BCUT2D eigenvalue weighted by atomic mass is 10.2. The number of carbonyl (C=O) groups excluding carboxylic acids is 1. The van der Waals surface area contributed by atoms with Gasteiger partial charge >= 0.3 is 0 Å². The van der Waals surface area contributed by atoms with Crippen LogP contribution in [0, 0.1) is 0 Å². The fraction of sp³-hybridized carbons (Fsp3) is 0.389. The smallest absolute Gasteiger partial charge is 0.254 e. The Morgan fingerprint density at radius 1 is 1.12 bits per heavy atom. The highest BCUT2D eigenvalue weighted by Gasteiger charge is 2.11. The topological polar surface area (TPSA) is 58.1 Å². The Kier molecular flexibility index (Phi) is 7.00. The quantitative estimate of drug-likeness (QED) is 0.792. The van der Waals surface area contributed by atoms with Crippen molar-refractivity contribution in [3.63, 3.8) is 0 Å². The Labute approximate surface area is 148 Å². The van der Waals surface area contributed by atoms with Crippen LogP contribution >= 0.6 is 11.6 Å². The second-order valence-corrected chi connectivity index (χ2v) is 5.94. The second-order valence-electron chi connectivity index (χ2n) is 5.53. The van der Waals surface area contributed by atoms with Crippen molar-refractivity contribution in [3.8, 4) is 0 Å². The van der Waals surface area contributed by atoms with Gasteiger partial charge in [-0.25, -0.2) is 9.97 Å². The number of nitrogens with one attached hydrogen (secondary N) is 1. The van der Waals surface area contributed by atoms with Crippen LogP contribution < -0.4 is 10.2 Å². The van der Waals surface area contributed by atoms with Crippen LogP contribution in [0.2, 0.25) is 5.02 Å². The molecule has 1 amide bonds. The minimum absolute atomic E-state index is 0.209. The molecule has 6 heteroatoms. The lowest BCUT2D eigenvalue weighted by Crippen LogP contribution is -2.28. The number of anilines is 1. The summed E-state index contributed by atoms with van der Waals surface area (Å²) in [5, 5.41) is 3.48. The maximum atomic E-state index is 12.2. The van der Waals surface area contributed by atoms with E-state index in [1.165, 1.54) is 0 Å². The number of benzene rings is 1. The van der Waals surface area contributed by atoms with Gasteiger partial charge in [0.2, 0.25) is 5.95 Å². The fourth-order valence-corrected chi connectivity index (χ4v) is 2.58. The van der Waals surface area contributed by atoms with E-state index in [9.17, 15) is 4.79 Å². The Bertz CT molecular complexity index is 654. The van der Waals surface area contributed by atoms with Gasteiger partial charge in [-0.15, -0.1) is 0 Å². The van der Waals surface area contributed by atoms with Crippen LogP contribution in [0.25, 0.3) is 0 Å². The van der Waals surface area contributed by atoms with E-state index in [0.29, 0.717) is 23.1 Å². The standard InChI is InChI=1S/C18H23ClN4O/c1-3-9-23(10-4-2)18-21-12-15(13-22-18)17(24)20-11-14-7-5-6-8-16(14)19/h5-8,12-13H,3-4,9-11H2,1-2H3,(H,20,24). The van der Waals surface area contributed by atoms with Gasteiger partial charge in [-0.1, -0.05) is 43.6 Å². The molecule has 0 aliphatic carbocycles. The first-order chi connectivity index (χ1) is 11.7. The predicted molar refractivity (Wildman–Crippen MR) is 97.4 cm³/mol. The average molecular weight is 347 g/mol. The summed E-state index contributed by atoms with van der Waals surface area (Å²) in [7, 11) is 0. The number of halogens is 1. The highest BCUT2D eigenvalue weighted by atomic mass is 35.5. The van der Waals surface area contributed by atoms with Crippen molar-refractivity contribution in [2.75, 3.05) is 18.0 Å². The van der Waals surface area contributed by atoms with Gasteiger partial charge in [0, 0.05) is 37.1 Å². The molecular weight excluding hydrogens is 324 g/mol. The highest BCUT2D eigenvalue weighted by Crippen LogP contribution is 2.14. The number of aromatic nitrogens is 2. The van der Waals surface area contributed by atoms with Crippen molar-refractivity contribution >= 4 is 23.5 Å². The van der Waals surface area contributed by atoms with E-state index in [2.05, 4.69) is 34.0 Å². The summed E-state index contributed by atoms with van der Waals surface area (Å²) in [6, 6.07) is 7.44. The number of rotatable bonds is 8. The zero-order chi connectivity index (χ0) is 17.4. The minimum Gasteiger partial charge on any atom is -0.348 e. The lowest BCUT2D eigenvalue weighted by molar-refractivity contribution is 0.0950. The second kappa shape index (κ2) is 9.23. The van der Waals surface area contributed by atoms with Gasteiger partial charge in [-0.05, 0) is 24.5 Å². The number of hydrogen-bond acceptors (Lipinski definition) is 4. The molecule has 1 aromatic carbocycles. The Morgan fingerprint density at radius 3 is 2.33 bits per heavy atom. The average Bonchev–Trinajstić information content (AvgIpc) is 2.61. The summed E-state index contributed by atoms with van der Waals surface area (Å²) in [6.45, 7) is 6.44. The first-order valence-corrected chi connectivity index (χ1v) is 8.62. The molecule has 0 aliphatic rings. The zero-order valence-electron chi connectivity index (χ0n) is 14.1. The molecule has 0 unspecified atom stereocenters. The van der Waals surface area contributed by atoms with Gasteiger partial charge in [0.05, 0.1) is 5.56 Å². The fourth-order valence-electron chi connectivity index (χ4n) is 2.37. The van der Waals surface area contributed by atoms with Crippen LogP contribution in [-0.4, -0.2) is 29.0 Å². The van der Waals surface area contributed by atoms with E-state index < -0.39 is 0 Å². The molecule has 1 heterocycles. The van der Waals surface area contributed by atoms with Crippen LogP contribution in [0.4, 0.5) is 5.95 Å². The Morgan fingerprint density at radius 2 is 1.75 bits per heavy atom. The highest BCUT2D eigenvalue weighted by molar-refractivity contribution is 6.31. The summed E-state index contributed by atoms with van der Waals surface area (Å²) >= 11 is 6.09. The van der Waals surface area contributed by atoms with Gasteiger partial charge < -0.3 is 10.2 Å². The van der Waals surface area contributed by atoms with E-state index in [1.807, 2.05) is 18.2 Å². The molecule has 1 N–H and O–H groups in total. The molecule has 0 saturated carbocycles. The number of hydrogen-bond donors (Lipinski definition) is 1. The summed E-state index contributed by atoms with van der Waals surface area (Å²) in [5.41, 5.74) is 1.32. The van der Waals surface area contributed by atoms with E-state index >= 15 is 0 Å². The van der Waals surface area contributed by atoms with Crippen LogP contribution in [0.1, 0.15) is 42.6 Å². The van der Waals surface area contributed by atoms with Crippen molar-refractivity contribution in [2.45, 2.75) is 33.2 Å². The van der Waals surface area contributed by atoms with Crippen molar-refractivity contribution in [1.82, 2.24) is 15.3 Å². The lowest BCUT2D eigenvalue weighted by Gasteiger charge is -2.21. The van der Waals surface area contributed by atoms with Crippen molar-refractivity contribution in [1.29, 1.82) is 0 Å². The summed E-state index contributed by atoms with van der Waals surface area (Å²) in [4.78, 5) is 23.0. The molecule has 128 valence electrons. The van der Waals surface area contributed by atoms with Crippen LogP contribution in [0.15, 0.2) is 36.7 Å². The maximum absolute atomic E-state index is 12.2. The van der Waals surface area contributed by atoms with Crippen LogP contribution in [0.5, 0.6) is 0 Å². The summed E-state index contributed by atoms with van der Waals surface area (Å²) < 4.78 is 0. The predicted octanol–water partition coefficient (Wildman–Crippen LogP) is 3.69. The number of carbonyl (C=O) groups is 1. The zero-order valence-corrected chi connectivity index (χ0v) is 14.9. The molecule has 1 aromatic heterocycles. The van der Waals surface area contributed by atoms with Crippen molar-refractivity contribution in [2.24, 2.45) is 0 Å². The van der Waals surface area contributed by atoms with E-state index in [0.717, 1.165) is 31.5 Å². The van der Waals surface area contributed by atoms with Gasteiger partial charge in [0.1, 0.15) is 0 Å². The van der Waals surface area contributed by atoms with E-state index in [4.69, 9.17) is 11.6 Å².